The van der Waals surface area contributed by atoms with Crippen LogP contribution in [-0.2, 0) is 14.3 Å². The summed E-state index contributed by atoms with van der Waals surface area (Å²) in [7, 11) is 2.83. The van der Waals surface area contributed by atoms with Crippen LogP contribution in [0, 0.1) is 0 Å². The van der Waals surface area contributed by atoms with Crippen LogP contribution in [-0.4, -0.2) is 48.1 Å². The molecule has 0 unspecified atom stereocenters. The lowest BCUT2D eigenvalue weighted by atomic mass is 10.1. The summed E-state index contributed by atoms with van der Waals surface area (Å²) in [5, 5.41) is 9.28. The number of carbonyl (C=O) groups is 3. The van der Waals surface area contributed by atoms with Gasteiger partial charge in [0.05, 0.1) is 14.2 Å². The van der Waals surface area contributed by atoms with Gasteiger partial charge in [0.2, 0.25) is 12.1 Å². The van der Waals surface area contributed by atoms with Crippen molar-refractivity contribution in [3.63, 3.8) is 0 Å². The normalized spacial score (nSPS) is 22.8. The van der Waals surface area contributed by atoms with Gasteiger partial charge < -0.3 is 19.3 Å². The Kier molecular flexibility index (Phi) is 3.59. The highest BCUT2D eigenvalue weighted by Crippen LogP contribution is 2.44. The third-order valence-electron chi connectivity index (χ3n) is 4.06. The number of cyclic esters (lactones) is 1. The van der Waals surface area contributed by atoms with Gasteiger partial charge in [0.15, 0.2) is 11.5 Å². The lowest BCUT2D eigenvalue weighted by Crippen LogP contribution is -2.41. The molecule has 122 valence electrons. The van der Waals surface area contributed by atoms with Crippen molar-refractivity contribution in [3.8, 4) is 11.5 Å². The van der Waals surface area contributed by atoms with E-state index in [1.165, 1.54) is 14.2 Å². The van der Waals surface area contributed by atoms with E-state index in [0.29, 0.717) is 11.3 Å². The Hall–Kier alpha value is -2.77. The van der Waals surface area contributed by atoms with E-state index in [4.69, 9.17) is 14.2 Å². The molecule has 2 atom stereocenters. The van der Waals surface area contributed by atoms with Crippen molar-refractivity contribution in [2.75, 3.05) is 14.2 Å². The van der Waals surface area contributed by atoms with Crippen LogP contribution in [0.1, 0.15) is 35.0 Å². The van der Waals surface area contributed by atoms with Gasteiger partial charge >= 0.3 is 11.9 Å². The summed E-state index contributed by atoms with van der Waals surface area (Å²) in [4.78, 5) is 36.8. The van der Waals surface area contributed by atoms with Crippen LogP contribution < -0.4 is 9.47 Å². The van der Waals surface area contributed by atoms with Crippen molar-refractivity contribution < 1.29 is 33.7 Å². The Balaban J connectivity index is 2.08. The lowest BCUT2D eigenvalue weighted by Gasteiger charge is -2.27. The van der Waals surface area contributed by atoms with Crippen LogP contribution in [0.25, 0.3) is 0 Å². The molecule has 0 bridgehead atoms. The second kappa shape index (κ2) is 5.45. The Morgan fingerprint density at radius 1 is 1.30 bits per heavy atom. The highest BCUT2D eigenvalue weighted by Gasteiger charge is 2.47. The van der Waals surface area contributed by atoms with Crippen molar-refractivity contribution in [1.82, 2.24) is 4.90 Å². The first-order chi connectivity index (χ1) is 11.0. The number of esters is 1. The number of fused-ring (bicyclic) bond motifs is 1. The zero-order valence-electron chi connectivity index (χ0n) is 12.6. The predicted molar refractivity (Wildman–Crippen MR) is 75.2 cm³/mol. The number of rotatable bonds is 4. The van der Waals surface area contributed by atoms with Crippen molar-refractivity contribution in [2.24, 2.45) is 0 Å². The summed E-state index contributed by atoms with van der Waals surface area (Å²) >= 11 is 0. The number of nitrogens with zero attached hydrogens (tertiary/aromatic N) is 1. The van der Waals surface area contributed by atoms with E-state index in [0.717, 1.165) is 4.90 Å². The van der Waals surface area contributed by atoms with Crippen LogP contribution in [0.2, 0.25) is 0 Å². The Bertz CT molecular complexity index is 699. The highest BCUT2D eigenvalue weighted by molar-refractivity contribution is 5.99. The molecule has 1 fully saturated rings. The number of hydrogen-bond donors (Lipinski definition) is 1. The molecule has 1 amide bonds. The molecule has 1 saturated heterocycles. The minimum Gasteiger partial charge on any atom is -0.493 e. The predicted octanol–water partition coefficient (Wildman–Crippen LogP) is 0.948. The largest absolute Gasteiger partial charge is 0.493 e. The molecule has 23 heavy (non-hydrogen) atoms. The van der Waals surface area contributed by atoms with Crippen LogP contribution in [0.15, 0.2) is 12.1 Å². The van der Waals surface area contributed by atoms with E-state index in [2.05, 4.69) is 0 Å². The van der Waals surface area contributed by atoms with Gasteiger partial charge in [0.1, 0.15) is 11.6 Å². The first-order valence-electron chi connectivity index (χ1n) is 6.99. The molecular formula is C15H15NO7. The number of carboxylic acids is 1. The maximum atomic E-state index is 12.2. The molecule has 0 aromatic heterocycles. The highest BCUT2D eigenvalue weighted by atomic mass is 16.6. The SMILES string of the molecule is COc1ccc2c(c1OC)C(=O)O[C@@H]2N1C(=O)CC[C@H]1C(=O)O. The third kappa shape index (κ3) is 2.18. The number of carbonyl (C=O) groups excluding carboxylic acids is 2. The molecule has 1 aromatic carbocycles. The maximum Gasteiger partial charge on any atom is 0.344 e. The topological polar surface area (TPSA) is 102 Å². The number of likely N-dealkylation sites (tertiary alicyclic amines) is 1. The Morgan fingerprint density at radius 3 is 2.65 bits per heavy atom. The third-order valence-corrected chi connectivity index (χ3v) is 4.06. The summed E-state index contributed by atoms with van der Waals surface area (Å²) < 4.78 is 15.6. The fourth-order valence-electron chi connectivity index (χ4n) is 3.03. The van der Waals surface area contributed by atoms with Gasteiger partial charge in [-0.3, -0.25) is 9.69 Å². The monoisotopic (exact) mass is 321 g/mol. The number of aliphatic carboxylic acids is 1. The molecule has 1 aromatic rings. The number of amides is 1. The number of methoxy groups -OCH3 is 2. The molecule has 3 rings (SSSR count). The first-order valence-corrected chi connectivity index (χ1v) is 6.99. The van der Waals surface area contributed by atoms with Crippen LogP contribution >= 0.6 is 0 Å². The van der Waals surface area contributed by atoms with Gasteiger partial charge in [-0.1, -0.05) is 0 Å². The van der Waals surface area contributed by atoms with E-state index in [1.807, 2.05) is 0 Å². The molecule has 0 radical (unpaired) electrons. The van der Waals surface area contributed by atoms with Gasteiger partial charge in [-0.15, -0.1) is 0 Å². The quantitative estimate of drug-likeness (QED) is 0.824. The standard InChI is InChI=1S/C15H15NO7/c1-21-9-5-3-7-11(12(9)22-2)15(20)23-13(7)16-8(14(18)19)4-6-10(16)17/h3,5,8,13H,4,6H2,1-2H3,(H,18,19)/t8-,13-/m0/s1. The van der Waals surface area contributed by atoms with Crippen LogP contribution in [0.4, 0.5) is 0 Å². The summed E-state index contributed by atoms with van der Waals surface area (Å²) in [6, 6.07) is 2.15. The van der Waals surface area contributed by atoms with Crippen LogP contribution in [0.5, 0.6) is 11.5 Å². The lowest BCUT2D eigenvalue weighted by molar-refractivity contribution is -0.154. The maximum absolute atomic E-state index is 12.2. The average molecular weight is 321 g/mol. The molecule has 0 aliphatic carbocycles. The summed E-state index contributed by atoms with van der Waals surface area (Å²) in [6.45, 7) is 0. The van der Waals surface area contributed by atoms with Crippen LogP contribution in [0.3, 0.4) is 0 Å². The molecule has 8 nitrogen and oxygen atoms in total. The van der Waals surface area contributed by atoms with Gasteiger partial charge in [-0.05, 0) is 18.6 Å². The summed E-state index contributed by atoms with van der Waals surface area (Å²) in [6.07, 6.45) is -0.772. The first kappa shape index (κ1) is 15.1. The van der Waals surface area contributed by atoms with E-state index in [9.17, 15) is 19.5 Å². The minimum atomic E-state index is -1.12. The van der Waals surface area contributed by atoms with E-state index in [-0.39, 0.29) is 30.1 Å². The second-order valence-electron chi connectivity index (χ2n) is 5.22. The molecule has 1 N–H and O–H groups in total. The van der Waals surface area contributed by atoms with Gasteiger partial charge in [0, 0.05) is 12.0 Å². The number of benzene rings is 1. The number of carboxylic acid groups (broad SMARTS) is 1. The van der Waals surface area contributed by atoms with Crippen molar-refractivity contribution in [1.29, 1.82) is 0 Å². The summed E-state index contributed by atoms with van der Waals surface area (Å²) in [5.74, 6) is -1.61. The zero-order valence-corrected chi connectivity index (χ0v) is 12.6. The van der Waals surface area contributed by atoms with Crippen molar-refractivity contribution in [3.05, 3.63) is 23.3 Å². The van der Waals surface area contributed by atoms with E-state index < -0.39 is 24.2 Å². The number of hydrogen-bond acceptors (Lipinski definition) is 6. The summed E-state index contributed by atoms with van der Waals surface area (Å²) in [5.41, 5.74) is 0.551. The van der Waals surface area contributed by atoms with E-state index in [1.54, 1.807) is 12.1 Å². The van der Waals surface area contributed by atoms with E-state index >= 15 is 0 Å². The van der Waals surface area contributed by atoms with Crippen molar-refractivity contribution >= 4 is 17.8 Å². The molecular weight excluding hydrogens is 306 g/mol. The van der Waals surface area contributed by atoms with Gasteiger partial charge in [-0.25, -0.2) is 9.59 Å². The Morgan fingerprint density at radius 2 is 2.04 bits per heavy atom. The van der Waals surface area contributed by atoms with Gasteiger partial charge in [0.25, 0.3) is 0 Å². The molecule has 2 heterocycles. The molecule has 0 spiro atoms. The average Bonchev–Trinajstić information content (AvgIpc) is 3.06. The second-order valence-corrected chi connectivity index (χ2v) is 5.22. The van der Waals surface area contributed by atoms with Gasteiger partial charge in [-0.2, -0.15) is 0 Å². The fourth-order valence-corrected chi connectivity index (χ4v) is 3.03. The zero-order chi connectivity index (χ0) is 16.7. The molecule has 8 heteroatoms. The molecule has 2 aliphatic heterocycles. The molecule has 2 aliphatic rings. The molecule has 0 saturated carbocycles. The Labute approximate surface area is 131 Å². The smallest absolute Gasteiger partial charge is 0.344 e. The number of ether oxygens (including phenoxy) is 3. The van der Waals surface area contributed by atoms with Crippen molar-refractivity contribution in [2.45, 2.75) is 25.1 Å². The minimum absolute atomic E-state index is 0.105. The fraction of sp³-hybridized carbons (Fsp3) is 0.400.